The molecule has 4 rings (SSSR count). The first kappa shape index (κ1) is 16.8. The number of rotatable bonds is 2. The Kier molecular flexibility index (Phi) is 4.26. The number of hydrogen-bond donors (Lipinski definition) is 0. The van der Waals surface area contributed by atoms with E-state index in [1.54, 1.807) is 4.90 Å². The van der Waals surface area contributed by atoms with E-state index in [1.165, 1.54) is 0 Å². The van der Waals surface area contributed by atoms with Crippen LogP contribution in [0.5, 0.6) is 0 Å². The normalized spacial score (nSPS) is 18.5. The molecule has 0 radical (unpaired) electrons. The maximum atomic E-state index is 13.2. The molecule has 0 N–H and O–H groups in total. The Bertz CT molecular complexity index is 872. The van der Waals surface area contributed by atoms with Crippen molar-refractivity contribution in [2.45, 2.75) is 32.7 Å². The van der Waals surface area contributed by atoms with E-state index in [4.69, 9.17) is 4.74 Å². The van der Waals surface area contributed by atoms with E-state index in [1.807, 2.05) is 43.0 Å². The molecule has 26 heavy (non-hydrogen) atoms. The number of benzene rings is 1. The second-order valence-electron chi connectivity index (χ2n) is 7.16. The van der Waals surface area contributed by atoms with Crippen LogP contribution in [0.3, 0.4) is 0 Å². The second-order valence-corrected chi connectivity index (χ2v) is 7.16. The SMILES string of the molecule is Cc1ccc2nc(C)cc(C(=O)N3CCC(N4CCOC4=O)CC3)c2c1. The first-order chi connectivity index (χ1) is 12.5. The van der Waals surface area contributed by atoms with Crippen LogP contribution in [-0.4, -0.2) is 59.1 Å². The Labute approximate surface area is 152 Å². The summed E-state index contributed by atoms with van der Waals surface area (Å²) in [7, 11) is 0. The lowest BCUT2D eigenvalue weighted by atomic mass is 10.0. The zero-order chi connectivity index (χ0) is 18.3. The molecule has 0 saturated carbocycles. The third kappa shape index (κ3) is 3.00. The standard InChI is InChI=1S/C20H23N3O3/c1-13-3-4-18-16(11-13)17(12-14(2)21-18)19(24)22-7-5-15(6-8-22)23-9-10-26-20(23)25/h3-4,11-12,15H,5-10H2,1-2H3. The van der Waals surface area contributed by atoms with Gasteiger partial charge >= 0.3 is 6.09 Å². The summed E-state index contributed by atoms with van der Waals surface area (Å²) in [4.78, 5) is 33.2. The molecule has 0 spiro atoms. The van der Waals surface area contributed by atoms with Crippen molar-refractivity contribution < 1.29 is 14.3 Å². The van der Waals surface area contributed by atoms with Gasteiger partial charge in [0, 0.05) is 30.2 Å². The maximum absolute atomic E-state index is 13.2. The number of fused-ring (bicyclic) bond motifs is 1. The number of likely N-dealkylation sites (tertiary alicyclic amines) is 1. The molecule has 136 valence electrons. The van der Waals surface area contributed by atoms with Gasteiger partial charge in [0.25, 0.3) is 5.91 Å². The van der Waals surface area contributed by atoms with E-state index in [9.17, 15) is 9.59 Å². The number of nitrogens with zero attached hydrogens (tertiary/aromatic N) is 3. The van der Waals surface area contributed by atoms with Gasteiger partial charge in [-0.05, 0) is 44.9 Å². The fourth-order valence-corrected chi connectivity index (χ4v) is 3.94. The molecule has 0 atom stereocenters. The van der Waals surface area contributed by atoms with Crippen molar-refractivity contribution in [2.24, 2.45) is 0 Å². The number of aromatic nitrogens is 1. The lowest BCUT2D eigenvalue weighted by molar-refractivity contribution is 0.0660. The molecule has 6 heteroatoms. The molecule has 0 bridgehead atoms. The summed E-state index contributed by atoms with van der Waals surface area (Å²) < 4.78 is 5.03. The predicted molar refractivity (Wildman–Crippen MR) is 98.2 cm³/mol. The largest absolute Gasteiger partial charge is 0.448 e. The number of hydrogen-bond acceptors (Lipinski definition) is 4. The van der Waals surface area contributed by atoms with Crippen LogP contribution >= 0.6 is 0 Å². The third-order valence-electron chi connectivity index (χ3n) is 5.31. The van der Waals surface area contributed by atoms with Crippen molar-refractivity contribution in [3.63, 3.8) is 0 Å². The van der Waals surface area contributed by atoms with E-state index >= 15 is 0 Å². The van der Waals surface area contributed by atoms with Gasteiger partial charge in [-0.3, -0.25) is 9.78 Å². The summed E-state index contributed by atoms with van der Waals surface area (Å²) >= 11 is 0. The van der Waals surface area contributed by atoms with Gasteiger partial charge < -0.3 is 14.5 Å². The van der Waals surface area contributed by atoms with Crippen molar-refractivity contribution in [3.8, 4) is 0 Å². The number of aryl methyl sites for hydroxylation is 2. The molecular weight excluding hydrogens is 330 g/mol. The minimum absolute atomic E-state index is 0.0496. The van der Waals surface area contributed by atoms with Crippen molar-refractivity contribution in [3.05, 3.63) is 41.1 Å². The molecule has 0 aliphatic carbocycles. The van der Waals surface area contributed by atoms with Crippen LogP contribution in [0.1, 0.15) is 34.5 Å². The Hall–Kier alpha value is -2.63. The Morgan fingerprint density at radius 2 is 1.92 bits per heavy atom. The second kappa shape index (κ2) is 6.59. The molecule has 2 aliphatic rings. The van der Waals surface area contributed by atoms with E-state index in [0.29, 0.717) is 26.2 Å². The van der Waals surface area contributed by atoms with Crippen LogP contribution in [0.2, 0.25) is 0 Å². The molecule has 2 aliphatic heterocycles. The highest BCUT2D eigenvalue weighted by atomic mass is 16.6. The molecule has 2 amide bonds. The fraction of sp³-hybridized carbons (Fsp3) is 0.450. The van der Waals surface area contributed by atoms with Gasteiger partial charge in [-0.15, -0.1) is 0 Å². The van der Waals surface area contributed by atoms with Crippen molar-refractivity contribution >= 4 is 22.9 Å². The lowest BCUT2D eigenvalue weighted by Crippen LogP contribution is -2.47. The molecule has 0 unspecified atom stereocenters. The predicted octanol–water partition coefficient (Wildman–Crippen LogP) is 2.91. The monoisotopic (exact) mass is 353 g/mol. The fourth-order valence-electron chi connectivity index (χ4n) is 3.94. The minimum Gasteiger partial charge on any atom is -0.448 e. The van der Waals surface area contributed by atoms with Gasteiger partial charge in [0.1, 0.15) is 6.61 Å². The molecule has 3 heterocycles. The number of carbonyl (C=O) groups excluding carboxylic acids is 2. The van der Waals surface area contributed by atoms with E-state index in [2.05, 4.69) is 4.98 Å². The van der Waals surface area contributed by atoms with Gasteiger partial charge in [0.05, 0.1) is 17.6 Å². The summed E-state index contributed by atoms with van der Waals surface area (Å²) in [5, 5.41) is 0.908. The van der Waals surface area contributed by atoms with Gasteiger partial charge in [-0.1, -0.05) is 11.6 Å². The minimum atomic E-state index is -0.221. The molecular formula is C20H23N3O3. The molecule has 2 aromatic rings. The topological polar surface area (TPSA) is 62.7 Å². The molecule has 1 aromatic carbocycles. The Morgan fingerprint density at radius 3 is 2.62 bits per heavy atom. The molecule has 2 fully saturated rings. The first-order valence-electron chi connectivity index (χ1n) is 9.13. The zero-order valence-corrected chi connectivity index (χ0v) is 15.2. The quantitative estimate of drug-likeness (QED) is 0.833. The van der Waals surface area contributed by atoms with Crippen molar-refractivity contribution in [1.29, 1.82) is 0 Å². The van der Waals surface area contributed by atoms with Gasteiger partial charge in [0.2, 0.25) is 0 Å². The van der Waals surface area contributed by atoms with Crippen LogP contribution < -0.4 is 0 Å². The zero-order valence-electron chi connectivity index (χ0n) is 15.2. The first-order valence-corrected chi connectivity index (χ1v) is 9.13. The number of cyclic esters (lactones) is 1. The van der Waals surface area contributed by atoms with E-state index in [0.717, 1.165) is 40.6 Å². The van der Waals surface area contributed by atoms with E-state index < -0.39 is 0 Å². The maximum Gasteiger partial charge on any atom is 0.410 e. The highest BCUT2D eigenvalue weighted by Crippen LogP contribution is 2.25. The number of amides is 2. The lowest BCUT2D eigenvalue weighted by Gasteiger charge is -2.35. The summed E-state index contributed by atoms with van der Waals surface area (Å²) in [6, 6.07) is 8.08. The molecule has 1 aromatic heterocycles. The Balaban J connectivity index is 1.55. The van der Waals surface area contributed by atoms with Crippen molar-refractivity contribution in [2.75, 3.05) is 26.2 Å². The highest BCUT2D eigenvalue weighted by Gasteiger charge is 2.33. The third-order valence-corrected chi connectivity index (χ3v) is 5.31. The van der Waals surface area contributed by atoms with Gasteiger partial charge in [0.15, 0.2) is 0 Å². The Morgan fingerprint density at radius 1 is 1.15 bits per heavy atom. The van der Waals surface area contributed by atoms with Gasteiger partial charge in [-0.2, -0.15) is 0 Å². The molecule has 6 nitrogen and oxygen atoms in total. The number of carbonyl (C=O) groups is 2. The van der Waals surface area contributed by atoms with Crippen LogP contribution in [0.25, 0.3) is 10.9 Å². The number of pyridine rings is 1. The average Bonchev–Trinajstić information content (AvgIpc) is 3.07. The van der Waals surface area contributed by atoms with Crippen molar-refractivity contribution in [1.82, 2.24) is 14.8 Å². The number of piperidine rings is 1. The highest BCUT2D eigenvalue weighted by molar-refractivity contribution is 6.06. The smallest absolute Gasteiger partial charge is 0.410 e. The summed E-state index contributed by atoms with van der Waals surface area (Å²) in [6.45, 7) is 6.38. The number of ether oxygens (including phenoxy) is 1. The van der Waals surface area contributed by atoms with E-state index in [-0.39, 0.29) is 18.0 Å². The van der Waals surface area contributed by atoms with Crippen LogP contribution in [0, 0.1) is 13.8 Å². The van der Waals surface area contributed by atoms with Gasteiger partial charge in [-0.25, -0.2) is 4.79 Å². The summed E-state index contributed by atoms with van der Waals surface area (Å²) in [5.74, 6) is 0.0496. The van der Waals surface area contributed by atoms with Crippen LogP contribution in [-0.2, 0) is 4.74 Å². The average molecular weight is 353 g/mol. The van der Waals surface area contributed by atoms with Crippen LogP contribution in [0.4, 0.5) is 4.79 Å². The summed E-state index contributed by atoms with van der Waals surface area (Å²) in [5.41, 5.74) is 3.53. The molecule has 2 saturated heterocycles. The summed E-state index contributed by atoms with van der Waals surface area (Å²) in [6.07, 6.45) is 1.37. The van der Waals surface area contributed by atoms with Crippen LogP contribution in [0.15, 0.2) is 24.3 Å².